The zero-order valence-corrected chi connectivity index (χ0v) is 16.3. The van der Waals surface area contributed by atoms with Crippen LogP contribution in [0, 0.1) is 0 Å². The number of carbonyl (C=O) groups is 1. The molecular weight excluding hydrogens is 371 g/mol. The molecule has 5 nitrogen and oxygen atoms in total. The Kier molecular flexibility index (Phi) is 9.59. The van der Waals surface area contributed by atoms with Gasteiger partial charge in [0.05, 0.1) is 5.69 Å². The number of aromatic nitrogens is 1. The monoisotopic (exact) mass is 396 g/mol. The number of piperidine rings is 1. The molecule has 0 aliphatic carbocycles. The number of nitrogens with zero attached hydrogens (tertiary/aromatic N) is 2. The highest BCUT2D eigenvalue weighted by molar-refractivity contribution is 5.94. The van der Waals surface area contributed by atoms with Crippen molar-refractivity contribution in [3.63, 3.8) is 0 Å². The molecule has 1 amide bonds. The Hall–Kier alpha value is -1.66. The number of nitrogens with one attached hydrogen (secondary N) is 1. The van der Waals surface area contributed by atoms with Crippen molar-refractivity contribution in [1.82, 2.24) is 15.2 Å². The van der Waals surface area contributed by atoms with Gasteiger partial charge in [-0.3, -0.25) is 14.7 Å². The summed E-state index contributed by atoms with van der Waals surface area (Å²) in [7, 11) is 0. The number of carbonyl (C=O) groups excluding carboxylic acids is 1. The van der Waals surface area contributed by atoms with E-state index in [-0.39, 0.29) is 36.8 Å². The zero-order valence-electron chi connectivity index (χ0n) is 14.6. The van der Waals surface area contributed by atoms with Crippen LogP contribution in [0.5, 0.6) is 0 Å². The van der Waals surface area contributed by atoms with Crippen molar-refractivity contribution < 1.29 is 4.79 Å². The smallest absolute Gasteiger partial charge is 0.251 e. The summed E-state index contributed by atoms with van der Waals surface area (Å²) in [6.07, 6.45) is 3.60. The highest BCUT2D eigenvalue weighted by Gasteiger charge is 2.21. The summed E-state index contributed by atoms with van der Waals surface area (Å²) in [5.41, 5.74) is 8.29. The normalized spacial score (nSPS) is 14.8. The van der Waals surface area contributed by atoms with Crippen LogP contribution in [0.4, 0.5) is 0 Å². The number of rotatable bonds is 5. The molecule has 1 aliphatic rings. The fraction of sp³-hybridized carbons (Fsp3) is 0.368. The van der Waals surface area contributed by atoms with Crippen molar-refractivity contribution in [3.8, 4) is 0 Å². The fourth-order valence-electron chi connectivity index (χ4n) is 3.08. The van der Waals surface area contributed by atoms with E-state index in [0.29, 0.717) is 12.1 Å². The van der Waals surface area contributed by atoms with Gasteiger partial charge in [-0.1, -0.05) is 30.3 Å². The maximum absolute atomic E-state index is 12.4. The van der Waals surface area contributed by atoms with Gasteiger partial charge in [0.25, 0.3) is 5.91 Å². The second-order valence-corrected chi connectivity index (χ2v) is 6.25. The number of likely N-dealkylation sites (tertiary alicyclic amines) is 1. The van der Waals surface area contributed by atoms with Gasteiger partial charge in [-0.25, -0.2) is 0 Å². The molecule has 0 unspecified atom stereocenters. The van der Waals surface area contributed by atoms with Gasteiger partial charge in [0, 0.05) is 44.0 Å². The van der Waals surface area contributed by atoms with Gasteiger partial charge in [0.2, 0.25) is 0 Å². The lowest BCUT2D eigenvalue weighted by Gasteiger charge is -2.32. The van der Waals surface area contributed by atoms with Crippen molar-refractivity contribution in [1.29, 1.82) is 0 Å². The summed E-state index contributed by atoms with van der Waals surface area (Å²) in [6.45, 7) is 3.33. The van der Waals surface area contributed by atoms with Crippen LogP contribution in [0.2, 0.25) is 0 Å². The minimum absolute atomic E-state index is 0. The van der Waals surface area contributed by atoms with Crippen molar-refractivity contribution >= 4 is 30.7 Å². The van der Waals surface area contributed by atoms with E-state index in [1.165, 1.54) is 5.56 Å². The largest absolute Gasteiger partial charge is 0.349 e. The van der Waals surface area contributed by atoms with E-state index in [4.69, 9.17) is 5.73 Å². The minimum atomic E-state index is -0.0337. The second kappa shape index (κ2) is 11.1. The molecule has 0 spiro atoms. The van der Waals surface area contributed by atoms with Crippen LogP contribution in [0.1, 0.15) is 34.5 Å². The molecule has 1 fully saturated rings. The second-order valence-electron chi connectivity index (χ2n) is 6.25. The molecule has 142 valence electrons. The molecule has 26 heavy (non-hydrogen) atoms. The number of halogens is 2. The third-order valence-electron chi connectivity index (χ3n) is 4.46. The quantitative estimate of drug-likeness (QED) is 0.814. The van der Waals surface area contributed by atoms with Gasteiger partial charge >= 0.3 is 0 Å². The summed E-state index contributed by atoms with van der Waals surface area (Å²) >= 11 is 0. The van der Waals surface area contributed by atoms with Crippen LogP contribution in [0.3, 0.4) is 0 Å². The molecule has 1 aromatic heterocycles. The molecule has 0 atom stereocenters. The first-order valence-corrected chi connectivity index (χ1v) is 8.47. The number of hydrogen-bond donors (Lipinski definition) is 2. The molecule has 1 saturated heterocycles. The van der Waals surface area contributed by atoms with E-state index in [0.717, 1.165) is 38.2 Å². The lowest BCUT2D eigenvalue weighted by Crippen LogP contribution is -2.44. The van der Waals surface area contributed by atoms with Gasteiger partial charge in [-0.2, -0.15) is 0 Å². The van der Waals surface area contributed by atoms with Gasteiger partial charge < -0.3 is 11.1 Å². The molecule has 0 saturated carbocycles. The predicted octanol–water partition coefficient (Wildman–Crippen LogP) is 2.78. The van der Waals surface area contributed by atoms with Crippen molar-refractivity contribution in [2.45, 2.75) is 32.0 Å². The first-order chi connectivity index (χ1) is 11.7. The van der Waals surface area contributed by atoms with E-state index in [1.807, 2.05) is 6.07 Å². The molecule has 7 heteroatoms. The van der Waals surface area contributed by atoms with Crippen LogP contribution >= 0.6 is 24.8 Å². The topological polar surface area (TPSA) is 71.2 Å². The molecule has 1 aliphatic heterocycles. The summed E-state index contributed by atoms with van der Waals surface area (Å²) in [5, 5.41) is 3.14. The van der Waals surface area contributed by atoms with Crippen LogP contribution < -0.4 is 11.1 Å². The molecule has 2 aromatic rings. The SMILES string of the molecule is Cl.Cl.NCc1cc(C(=O)NC2CCN(Cc3ccccc3)CC2)ccn1. The number of benzene rings is 1. The lowest BCUT2D eigenvalue weighted by atomic mass is 10.0. The van der Waals surface area contributed by atoms with E-state index >= 15 is 0 Å². The van der Waals surface area contributed by atoms with Crippen LogP contribution in [0.25, 0.3) is 0 Å². The molecule has 1 aromatic carbocycles. The number of pyridine rings is 1. The van der Waals surface area contributed by atoms with Crippen LogP contribution in [-0.2, 0) is 13.1 Å². The van der Waals surface area contributed by atoms with E-state index in [1.54, 1.807) is 18.3 Å². The Balaban J connectivity index is 0.00000169. The van der Waals surface area contributed by atoms with Gasteiger partial charge in [-0.05, 0) is 30.5 Å². The van der Waals surface area contributed by atoms with Crippen LogP contribution in [-0.4, -0.2) is 34.9 Å². The van der Waals surface area contributed by atoms with Gasteiger partial charge in [-0.15, -0.1) is 24.8 Å². The average molecular weight is 397 g/mol. The first kappa shape index (κ1) is 22.4. The number of nitrogens with two attached hydrogens (primary N) is 1. The molecule has 0 radical (unpaired) electrons. The Morgan fingerprint density at radius 3 is 2.50 bits per heavy atom. The standard InChI is InChI=1S/C19H24N4O.2ClH/c20-13-18-12-16(6-9-21-18)19(24)22-17-7-10-23(11-8-17)14-15-4-2-1-3-5-15;;/h1-6,9,12,17H,7-8,10-11,13-14,20H2,(H,22,24);2*1H. The lowest BCUT2D eigenvalue weighted by molar-refractivity contribution is 0.0908. The minimum Gasteiger partial charge on any atom is -0.349 e. The highest BCUT2D eigenvalue weighted by atomic mass is 35.5. The summed E-state index contributed by atoms with van der Waals surface area (Å²) < 4.78 is 0. The molecule has 2 heterocycles. The van der Waals surface area contributed by atoms with Crippen molar-refractivity contribution in [2.24, 2.45) is 5.73 Å². The summed E-state index contributed by atoms with van der Waals surface area (Å²) in [4.78, 5) is 18.9. The zero-order chi connectivity index (χ0) is 16.8. The Morgan fingerprint density at radius 2 is 1.85 bits per heavy atom. The molecular formula is C19H26Cl2N4O. The molecule has 0 bridgehead atoms. The maximum Gasteiger partial charge on any atom is 0.251 e. The summed E-state index contributed by atoms with van der Waals surface area (Å²) in [6, 6.07) is 14.2. The van der Waals surface area contributed by atoms with E-state index < -0.39 is 0 Å². The van der Waals surface area contributed by atoms with Gasteiger partial charge in [0.1, 0.15) is 0 Å². The Bertz CT molecular complexity index is 676. The highest BCUT2D eigenvalue weighted by Crippen LogP contribution is 2.14. The predicted molar refractivity (Wildman–Crippen MR) is 109 cm³/mol. The van der Waals surface area contributed by atoms with Crippen molar-refractivity contribution in [3.05, 3.63) is 65.5 Å². The Labute approximate surface area is 167 Å². The third kappa shape index (κ3) is 6.25. The Morgan fingerprint density at radius 1 is 1.15 bits per heavy atom. The first-order valence-electron chi connectivity index (χ1n) is 8.47. The summed E-state index contributed by atoms with van der Waals surface area (Å²) in [5.74, 6) is -0.0337. The number of amides is 1. The maximum atomic E-state index is 12.4. The fourth-order valence-corrected chi connectivity index (χ4v) is 3.08. The van der Waals surface area contributed by atoms with E-state index in [2.05, 4.69) is 39.5 Å². The number of hydrogen-bond acceptors (Lipinski definition) is 4. The average Bonchev–Trinajstić information content (AvgIpc) is 2.64. The third-order valence-corrected chi connectivity index (χ3v) is 4.46. The molecule has 3 rings (SSSR count). The molecule has 3 N–H and O–H groups in total. The van der Waals surface area contributed by atoms with Gasteiger partial charge in [0.15, 0.2) is 0 Å². The van der Waals surface area contributed by atoms with E-state index in [9.17, 15) is 4.79 Å². The van der Waals surface area contributed by atoms with Crippen LogP contribution in [0.15, 0.2) is 48.7 Å². The van der Waals surface area contributed by atoms with Crippen molar-refractivity contribution in [2.75, 3.05) is 13.1 Å².